The average Bonchev–Trinajstić information content (AvgIpc) is 3.28. The molecule has 4 rings (SSSR count). The highest BCUT2D eigenvalue weighted by Crippen LogP contribution is 2.32. The predicted octanol–water partition coefficient (Wildman–Crippen LogP) is 1.17. The Morgan fingerprint density at radius 1 is 1.21 bits per heavy atom. The molecule has 2 aliphatic heterocycles. The molecule has 1 aromatic heterocycles. The summed E-state index contributed by atoms with van der Waals surface area (Å²) in [6.07, 6.45) is 1.31. The van der Waals surface area contributed by atoms with Crippen molar-refractivity contribution < 1.29 is 19.2 Å². The molecule has 1 amide bonds. The minimum absolute atomic E-state index is 0.0108. The minimum atomic E-state index is -0.488. The molecule has 0 aliphatic carbocycles. The van der Waals surface area contributed by atoms with Gasteiger partial charge in [-0.1, -0.05) is 6.07 Å². The maximum absolute atomic E-state index is 12.5. The number of aromatic nitrogens is 2. The van der Waals surface area contributed by atoms with Gasteiger partial charge in [0.2, 0.25) is 12.7 Å². The van der Waals surface area contributed by atoms with E-state index in [4.69, 9.17) is 9.47 Å². The number of amides is 1. The van der Waals surface area contributed by atoms with Gasteiger partial charge in [-0.05, 0) is 24.6 Å². The van der Waals surface area contributed by atoms with Crippen molar-refractivity contribution in [3.63, 3.8) is 0 Å². The first kappa shape index (κ1) is 18.2. The van der Waals surface area contributed by atoms with Crippen LogP contribution in [0, 0.1) is 17.0 Å². The van der Waals surface area contributed by atoms with E-state index in [1.807, 2.05) is 18.2 Å². The molecule has 10 heteroatoms. The second-order valence-electron chi connectivity index (χ2n) is 6.90. The number of piperazine rings is 1. The molecule has 0 spiro atoms. The van der Waals surface area contributed by atoms with Gasteiger partial charge in [0.25, 0.3) is 0 Å². The molecule has 0 unspecified atom stereocenters. The Morgan fingerprint density at radius 2 is 1.96 bits per heavy atom. The Labute approximate surface area is 161 Å². The van der Waals surface area contributed by atoms with E-state index in [9.17, 15) is 14.9 Å². The van der Waals surface area contributed by atoms with Gasteiger partial charge in [-0.25, -0.2) is 0 Å². The third-order valence-corrected chi connectivity index (χ3v) is 4.98. The van der Waals surface area contributed by atoms with Gasteiger partial charge >= 0.3 is 5.69 Å². The fourth-order valence-corrected chi connectivity index (χ4v) is 3.46. The summed E-state index contributed by atoms with van der Waals surface area (Å²) >= 11 is 0. The zero-order valence-electron chi connectivity index (χ0n) is 15.5. The molecule has 0 saturated carbocycles. The van der Waals surface area contributed by atoms with Crippen molar-refractivity contribution in [2.45, 2.75) is 20.0 Å². The molecule has 10 nitrogen and oxygen atoms in total. The van der Waals surface area contributed by atoms with Crippen molar-refractivity contribution in [1.82, 2.24) is 19.6 Å². The minimum Gasteiger partial charge on any atom is -0.454 e. The molecule has 0 atom stereocenters. The zero-order valence-corrected chi connectivity index (χ0v) is 15.5. The van der Waals surface area contributed by atoms with Crippen LogP contribution in [0.4, 0.5) is 5.69 Å². The van der Waals surface area contributed by atoms with Gasteiger partial charge < -0.3 is 14.4 Å². The monoisotopic (exact) mass is 387 g/mol. The Kier molecular flexibility index (Phi) is 4.86. The summed E-state index contributed by atoms with van der Waals surface area (Å²) in [5.41, 5.74) is 1.39. The van der Waals surface area contributed by atoms with Crippen molar-refractivity contribution in [1.29, 1.82) is 0 Å². The lowest BCUT2D eigenvalue weighted by atomic mass is 10.1. The Morgan fingerprint density at radius 3 is 2.68 bits per heavy atom. The molecule has 1 fully saturated rings. The first-order chi connectivity index (χ1) is 13.5. The van der Waals surface area contributed by atoms with Gasteiger partial charge in [0.05, 0.1) is 4.92 Å². The molecule has 2 aromatic rings. The number of nitrogens with zero attached hydrogens (tertiary/aromatic N) is 5. The van der Waals surface area contributed by atoms with E-state index in [0.717, 1.165) is 36.7 Å². The van der Waals surface area contributed by atoms with Gasteiger partial charge in [-0.2, -0.15) is 5.10 Å². The van der Waals surface area contributed by atoms with Crippen LogP contribution in [0.15, 0.2) is 24.4 Å². The summed E-state index contributed by atoms with van der Waals surface area (Å²) in [7, 11) is 0. The molecule has 28 heavy (non-hydrogen) atoms. The van der Waals surface area contributed by atoms with E-state index in [-0.39, 0.29) is 24.9 Å². The van der Waals surface area contributed by atoms with Crippen molar-refractivity contribution in [3.05, 3.63) is 45.8 Å². The fraction of sp³-hybridized carbons (Fsp3) is 0.444. The zero-order chi connectivity index (χ0) is 19.7. The molecular formula is C18H21N5O5. The first-order valence-corrected chi connectivity index (χ1v) is 9.07. The van der Waals surface area contributed by atoms with Gasteiger partial charge in [-0.3, -0.25) is 24.5 Å². The highest BCUT2D eigenvalue weighted by molar-refractivity contribution is 5.76. The summed E-state index contributed by atoms with van der Waals surface area (Å²) in [6, 6.07) is 5.94. The maximum atomic E-state index is 12.5. The summed E-state index contributed by atoms with van der Waals surface area (Å²) < 4.78 is 12.1. The molecule has 0 bridgehead atoms. The van der Waals surface area contributed by atoms with E-state index in [1.54, 1.807) is 11.8 Å². The number of aryl methyl sites for hydroxylation is 1. The number of rotatable bonds is 5. The summed E-state index contributed by atoms with van der Waals surface area (Å²) in [5.74, 6) is 1.46. The molecule has 2 aliphatic rings. The van der Waals surface area contributed by atoms with E-state index < -0.39 is 4.92 Å². The molecule has 148 valence electrons. The molecule has 1 aromatic carbocycles. The SMILES string of the molecule is Cc1nn(CC(=O)N2CCN(Cc3ccc4c(c3)OCO4)CC2)cc1[N+](=O)[O-]. The summed E-state index contributed by atoms with van der Waals surface area (Å²) in [5, 5.41) is 15.0. The highest BCUT2D eigenvalue weighted by Gasteiger charge is 2.23. The predicted molar refractivity (Wildman–Crippen MR) is 98.0 cm³/mol. The molecule has 3 heterocycles. The van der Waals surface area contributed by atoms with E-state index in [0.29, 0.717) is 18.8 Å². The first-order valence-electron chi connectivity index (χ1n) is 9.07. The van der Waals surface area contributed by atoms with Crippen LogP contribution >= 0.6 is 0 Å². The quantitative estimate of drug-likeness (QED) is 0.560. The van der Waals surface area contributed by atoms with Gasteiger partial charge in [-0.15, -0.1) is 0 Å². The smallest absolute Gasteiger partial charge is 0.309 e. The van der Waals surface area contributed by atoms with Crippen molar-refractivity contribution in [2.24, 2.45) is 0 Å². The molecule has 1 saturated heterocycles. The second kappa shape index (κ2) is 7.47. The number of nitro groups is 1. The Balaban J connectivity index is 1.29. The van der Waals surface area contributed by atoms with Gasteiger partial charge in [0.15, 0.2) is 11.5 Å². The van der Waals surface area contributed by atoms with Crippen LogP contribution in [0.1, 0.15) is 11.3 Å². The highest BCUT2D eigenvalue weighted by atomic mass is 16.7. The lowest BCUT2D eigenvalue weighted by molar-refractivity contribution is -0.385. The lowest BCUT2D eigenvalue weighted by Gasteiger charge is -2.34. The standard InChI is InChI=1S/C18H21N5O5/c1-13-15(23(25)26)10-22(19-13)11-18(24)21-6-4-20(5-7-21)9-14-2-3-16-17(8-14)28-12-27-16/h2-3,8,10H,4-7,9,11-12H2,1H3. The van der Waals surface area contributed by atoms with E-state index >= 15 is 0 Å². The molecule has 0 N–H and O–H groups in total. The van der Waals surface area contributed by atoms with Crippen LogP contribution in [0.3, 0.4) is 0 Å². The van der Waals surface area contributed by atoms with Crippen LogP contribution in [-0.2, 0) is 17.9 Å². The average molecular weight is 387 g/mol. The number of carbonyl (C=O) groups is 1. The number of benzene rings is 1. The number of carbonyl (C=O) groups excluding carboxylic acids is 1. The van der Waals surface area contributed by atoms with Crippen LogP contribution in [-0.4, -0.2) is 63.4 Å². The third kappa shape index (κ3) is 3.77. The largest absolute Gasteiger partial charge is 0.454 e. The lowest BCUT2D eigenvalue weighted by Crippen LogP contribution is -2.49. The van der Waals surface area contributed by atoms with Crippen LogP contribution in [0.5, 0.6) is 11.5 Å². The van der Waals surface area contributed by atoms with Crippen LogP contribution in [0.2, 0.25) is 0 Å². The molecular weight excluding hydrogens is 366 g/mol. The second-order valence-corrected chi connectivity index (χ2v) is 6.90. The molecule has 0 radical (unpaired) electrons. The van der Waals surface area contributed by atoms with E-state index in [2.05, 4.69) is 10.00 Å². The normalized spacial score (nSPS) is 16.4. The number of hydrogen-bond acceptors (Lipinski definition) is 7. The topological polar surface area (TPSA) is 103 Å². The Bertz CT molecular complexity index is 904. The van der Waals surface area contributed by atoms with Gasteiger partial charge in [0.1, 0.15) is 18.4 Å². The van der Waals surface area contributed by atoms with E-state index in [1.165, 1.54) is 10.9 Å². The summed E-state index contributed by atoms with van der Waals surface area (Å²) in [6.45, 7) is 5.38. The van der Waals surface area contributed by atoms with Crippen LogP contribution < -0.4 is 9.47 Å². The summed E-state index contributed by atoms with van der Waals surface area (Å²) in [4.78, 5) is 27.0. The van der Waals surface area contributed by atoms with Gasteiger partial charge in [0, 0.05) is 32.7 Å². The number of fused-ring (bicyclic) bond motifs is 1. The van der Waals surface area contributed by atoms with Crippen LogP contribution in [0.25, 0.3) is 0 Å². The van der Waals surface area contributed by atoms with Crippen molar-refractivity contribution >= 4 is 11.6 Å². The maximum Gasteiger partial charge on any atom is 0.309 e. The Hall–Kier alpha value is -3.14. The number of ether oxygens (including phenoxy) is 2. The van der Waals surface area contributed by atoms with Crippen molar-refractivity contribution in [2.75, 3.05) is 33.0 Å². The number of hydrogen-bond donors (Lipinski definition) is 0. The fourth-order valence-electron chi connectivity index (χ4n) is 3.46. The van der Waals surface area contributed by atoms with Crippen molar-refractivity contribution in [3.8, 4) is 11.5 Å². The third-order valence-electron chi connectivity index (χ3n) is 4.98.